The van der Waals surface area contributed by atoms with E-state index in [0.717, 1.165) is 52.0 Å². The second-order valence-electron chi connectivity index (χ2n) is 6.80. The van der Waals surface area contributed by atoms with Gasteiger partial charge in [-0.15, -0.1) is 0 Å². The fraction of sp³-hybridized carbons (Fsp3) is 0.409. The summed E-state index contributed by atoms with van der Waals surface area (Å²) < 4.78 is 0. The molecule has 0 radical (unpaired) electrons. The molecule has 1 amide bonds. The Morgan fingerprint density at radius 3 is 1.92 bits per heavy atom. The molecule has 2 aromatic carbocycles. The van der Waals surface area contributed by atoms with E-state index in [1.54, 1.807) is 0 Å². The minimum atomic E-state index is 0.318. The highest BCUT2D eigenvalue weighted by molar-refractivity contribution is 5.76. The number of hydrogen-bond donors (Lipinski definition) is 0. The molecule has 1 fully saturated rings. The minimum Gasteiger partial charge on any atom is -0.340 e. The van der Waals surface area contributed by atoms with Gasteiger partial charge in [0.25, 0.3) is 0 Å². The molecule has 2 aromatic rings. The Balaban J connectivity index is 1.33. The summed E-state index contributed by atoms with van der Waals surface area (Å²) in [5.74, 6) is 0.318. The standard InChI is InChI=1S/C22H28N2O/c25-22(13-7-12-20-8-3-1-4-9-20)24-18-16-23(17-19-24)15-14-21-10-5-2-6-11-21/h1-6,8-11H,7,12-19H2. The van der Waals surface area contributed by atoms with Crippen LogP contribution in [0.15, 0.2) is 60.7 Å². The van der Waals surface area contributed by atoms with Crippen LogP contribution in [-0.4, -0.2) is 48.4 Å². The number of amides is 1. The van der Waals surface area contributed by atoms with Gasteiger partial charge in [-0.3, -0.25) is 9.69 Å². The monoisotopic (exact) mass is 336 g/mol. The summed E-state index contributed by atoms with van der Waals surface area (Å²) in [4.78, 5) is 16.9. The van der Waals surface area contributed by atoms with Gasteiger partial charge in [-0.1, -0.05) is 60.7 Å². The van der Waals surface area contributed by atoms with E-state index in [4.69, 9.17) is 0 Å². The third kappa shape index (κ3) is 5.71. The van der Waals surface area contributed by atoms with Crippen molar-refractivity contribution in [1.29, 1.82) is 0 Å². The number of aryl methyl sites for hydroxylation is 1. The van der Waals surface area contributed by atoms with Crippen molar-refractivity contribution >= 4 is 5.91 Å². The molecule has 1 aliphatic rings. The first-order valence-corrected chi connectivity index (χ1v) is 9.39. The molecule has 1 saturated heterocycles. The van der Waals surface area contributed by atoms with Crippen LogP contribution >= 0.6 is 0 Å². The van der Waals surface area contributed by atoms with Crippen molar-refractivity contribution in [2.75, 3.05) is 32.7 Å². The Hall–Kier alpha value is -2.13. The zero-order valence-electron chi connectivity index (χ0n) is 14.9. The lowest BCUT2D eigenvalue weighted by atomic mass is 10.1. The fourth-order valence-electron chi connectivity index (χ4n) is 3.40. The van der Waals surface area contributed by atoms with Crippen LogP contribution in [0.2, 0.25) is 0 Å². The zero-order chi connectivity index (χ0) is 17.3. The van der Waals surface area contributed by atoms with E-state index in [1.807, 2.05) is 11.0 Å². The van der Waals surface area contributed by atoms with E-state index in [2.05, 4.69) is 59.5 Å². The van der Waals surface area contributed by atoms with Crippen LogP contribution in [0, 0.1) is 0 Å². The predicted octanol–water partition coefficient (Wildman–Crippen LogP) is 3.40. The highest BCUT2D eigenvalue weighted by atomic mass is 16.2. The molecule has 0 spiro atoms. The van der Waals surface area contributed by atoms with Gasteiger partial charge < -0.3 is 4.90 Å². The Labute approximate surface area is 151 Å². The van der Waals surface area contributed by atoms with E-state index in [1.165, 1.54) is 11.1 Å². The molecule has 3 heteroatoms. The average Bonchev–Trinajstić information content (AvgIpc) is 2.68. The predicted molar refractivity (Wildman–Crippen MR) is 103 cm³/mol. The van der Waals surface area contributed by atoms with Crippen LogP contribution in [0.5, 0.6) is 0 Å². The van der Waals surface area contributed by atoms with Gasteiger partial charge in [0.2, 0.25) is 5.91 Å². The largest absolute Gasteiger partial charge is 0.340 e. The lowest BCUT2D eigenvalue weighted by Crippen LogP contribution is -2.49. The first-order chi connectivity index (χ1) is 12.3. The molecule has 0 aromatic heterocycles. The number of rotatable bonds is 7. The molecule has 3 nitrogen and oxygen atoms in total. The van der Waals surface area contributed by atoms with Crippen LogP contribution in [0.4, 0.5) is 0 Å². The summed E-state index contributed by atoms with van der Waals surface area (Å²) in [6, 6.07) is 21.1. The van der Waals surface area contributed by atoms with E-state index < -0.39 is 0 Å². The zero-order valence-corrected chi connectivity index (χ0v) is 14.9. The molecule has 1 aliphatic heterocycles. The molecule has 3 rings (SSSR count). The Bertz CT molecular complexity index is 634. The second-order valence-corrected chi connectivity index (χ2v) is 6.80. The molecule has 0 aliphatic carbocycles. The third-order valence-electron chi connectivity index (χ3n) is 4.98. The van der Waals surface area contributed by atoms with Gasteiger partial charge >= 0.3 is 0 Å². The maximum atomic E-state index is 12.4. The molecular weight excluding hydrogens is 308 g/mol. The molecule has 0 N–H and O–H groups in total. The number of nitrogens with zero attached hydrogens (tertiary/aromatic N) is 2. The summed E-state index contributed by atoms with van der Waals surface area (Å²) in [5.41, 5.74) is 2.71. The summed E-state index contributed by atoms with van der Waals surface area (Å²) in [6.45, 7) is 4.83. The molecule has 0 saturated carbocycles. The van der Waals surface area contributed by atoms with Gasteiger partial charge in [-0.05, 0) is 30.4 Å². The normalized spacial score (nSPS) is 15.3. The highest BCUT2D eigenvalue weighted by Gasteiger charge is 2.20. The van der Waals surface area contributed by atoms with Crippen molar-refractivity contribution in [3.63, 3.8) is 0 Å². The maximum Gasteiger partial charge on any atom is 0.222 e. The van der Waals surface area contributed by atoms with Crippen molar-refractivity contribution < 1.29 is 4.79 Å². The lowest BCUT2D eigenvalue weighted by Gasteiger charge is -2.34. The van der Waals surface area contributed by atoms with Crippen LogP contribution < -0.4 is 0 Å². The lowest BCUT2D eigenvalue weighted by molar-refractivity contribution is -0.133. The summed E-state index contributed by atoms with van der Waals surface area (Å²) in [7, 11) is 0. The quantitative estimate of drug-likeness (QED) is 0.774. The highest BCUT2D eigenvalue weighted by Crippen LogP contribution is 2.10. The Kier molecular flexibility index (Phi) is 6.63. The Morgan fingerprint density at radius 1 is 0.760 bits per heavy atom. The van der Waals surface area contributed by atoms with Crippen molar-refractivity contribution in [1.82, 2.24) is 9.80 Å². The van der Waals surface area contributed by atoms with Crippen LogP contribution in [0.25, 0.3) is 0 Å². The van der Waals surface area contributed by atoms with E-state index >= 15 is 0 Å². The molecule has 0 unspecified atom stereocenters. The van der Waals surface area contributed by atoms with Gasteiger partial charge in [0.1, 0.15) is 0 Å². The summed E-state index contributed by atoms with van der Waals surface area (Å²) >= 11 is 0. The maximum absolute atomic E-state index is 12.4. The van der Waals surface area contributed by atoms with Crippen molar-refractivity contribution in [3.05, 3.63) is 71.8 Å². The van der Waals surface area contributed by atoms with Gasteiger partial charge in [0.05, 0.1) is 0 Å². The van der Waals surface area contributed by atoms with Gasteiger partial charge in [0, 0.05) is 39.1 Å². The van der Waals surface area contributed by atoms with Crippen LogP contribution in [-0.2, 0) is 17.6 Å². The Morgan fingerprint density at radius 2 is 1.32 bits per heavy atom. The van der Waals surface area contributed by atoms with Crippen molar-refractivity contribution in [2.45, 2.75) is 25.7 Å². The topological polar surface area (TPSA) is 23.6 Å². The minimum absolute atomic E-state index is 0.318. The number of carbonyl (C=O) groups excluding carboxylic acids is 1. The van der Waals surface area contributed by atoms with Gasteiger partial charge in [-0.25, -0.2) is 0 Å². The average molecular weight is 336 g/mol. The van der Waals surface area contributed by atoms with E-state index in [-0.39, 0.29) is 0 Å². The molecule has 25 heavy (non-hydrogen) atoms. The third-order valence-corrected chi connectivity index (χ3v) is 4.98. The fourth-order valence-corrected chi connectivity index (χ4v) is 3.40. The molecule has 1 heterocycles. The second kappa shape index (κ2) is 9.38. The molecular formula is C22H28N2O. The SMILES string of the molecule is O=C(CCCc1ccccc1)N1CCN(CCc2ccccc2)CC1. The van der Waals surface area contributed by atoms with Crippen molar-refractivity contribution in [3.8, 4) is 0 Å². The first kappa shape index (κ1) is 17.7. The van der Waals surface area contributed by atoms with Crippen LogP contribution in [0.3, 0.4) is 0 Å². The van der Waals surface area contributed by atoms with Gasteiger partial charge in [0.15, 0.2) is 0 Å². The van der Waals surface area contributed by atoms with Crippen molar-refractivity contribution in [2.24, 2.45) is 0 Å². The number of hydrogen-bond acceptors (Lipinski definition) is 2. The van der Waals surface area contributed by atoms with E-state index in [9.17, 15) is 4.79 Å². The molecule has 0 atom stereocenters. The number of carbonyl (C=O) groups is 1. The summed E-state index contributed by atoms with van der Waals surface area (Å²) in [6.07, 6.45) is 3.69. The first-order valence-electron chi connectivity index (χ1n) is 9.39. The number of benzene rings is 2. The van der Waals surface area contributed by atoms with Gasteiger partial charge in [-0.2, -0.15) is 0 Å². The summed E-state index contributed by atoms with van der Waals surface area (Å²) in [5, 5.41) is 0. The molecule has 0 bridgehead atoms. The molecule has 132 valence electrons. The smallest absolute Gasteiger partial charge is 0.222 e. The van der Waals surface area contributed by atoms with E-state index in [0.29, 0.717) is 12.3 Å². The van der Waals surface area contributed by atoms with Crippen LogP contribution in [0.1, 0.15) is 24.0 Å². The number of piperazine rings is 1.